The number of nitrogens with one attached hydrogen (secondary N) is 2. The van der Waals surface area contributed by atoms with Crippen LogP contribution in [0.5, 0.6) is 0 Å². The van der Waals surface area contributed by atoms with Crippen LogP contribution in [0.4, 0.5) is 5.69 Å². The van der Waals surface area contributed by atoms with E-state index in [-0.39, 0.29) is 5.91 Å². The minimum Gasteiger partial charge on any atom is -0.376 e. The normalized spacial score (nSPS) is 35.4. The smallest absolute Gasteiger partial charge is 0.239 e. The molecule has 0 heterocycles. The summed E-state index contributed by atoms with van der Waals surface area (Å²) in [5, 5.41) is 6.40. The maximum absolute atomic E-state index is 12.1. The second kappa shape index (κ2) is 5.60. The van der Waals surface area contributed by atoms with E-state index >= 15 is 0 Å². The zero-order chi connectivity index (χ0) is 15.0. The predicted octanol–water partition coefficient (Wildman–Crippen LogP) is 3.43. The number of carbonyl (C=O) groups excluding carboxylic acids is 1. The number of hydrogen-bond acceptors (Lipinski definition) is 2. The van der Waals surface area contributed by atoms with Crippen molar-refractivity contribution in [3.63, 3.8) is 0 Å². The average molecular weight is 298 g/mol. The van der Waals surface area contributed by atoms with Gasteiger partial charge in [0.15, 0.2) is 0 Å². The summed E-state index contributed by atoms with van der Waals surface area (Å²) in [5.41, 5.74) is 1.43. The fraction of sp³-hybridized carbons (Fsp3) is 0.632. The van der Waals surface area contributed by atoms with E-state index in [4.69, 9.17) is 0 Å². The first kappa shape index (κ1) is 14.1. The largest absolute Gasteiger partial charge is 0.376 e. The zero-order valence-electron chi connectivity index (χ0n) is 13.2. The van der Waals surface area contributed by atoms with Gasteiger partial charge in [0.05, 0.1) is 6.54 Å². The lowest BCUT2D eigenvalue weighted by atomic mass is 9.49. The van der Waals surface area contributed by atoms with Crippen LogP contribution in [-0.4, -0.2) is 19.0 Å². The first-order chi connectivity index (χ1) is 10.7. The Labute approximate surface area is 132 Å². The minimum atomic E-state index is 0.125. The van der Waals surface area contributed by atoms with Crippen LogP contribution < -0.4 is 10.6 Å². The molecule has 0 saturated heterocycles. The van der Waals surface area contributed by atoms with Gasteiger partial charge in [0.2, 0.25) is 5.91 Å². The Hall–Kier alpha value is -1.51. The van der Waals surface area contributed by atoms with Gasteiger partial charge in [-0.3, -0.25) is 4.79 Å². The monoisotopic (exact) mass is 298 g/mol. The molecule has 118 valence electrons. The minimum absolute atomic E-state index is 0.125. The lowest BCUT2D eigenvalue weighted by Gasteiger charge is -2.56. The molecular formula is C19H26N2O. The maximum Gasteiger partial charge on any atom is 0.239 e. The summed E-state index contributed by atoms with van der Waals surface area (Å²) in [7, 11) is 0. The van der Waals surface area contributed by atoms with E-state index in [1.165, 1.54) is 38.5 Å². The molecule has 4 aliphatic carbocycles. The summed E-state index contributed by atoms with van der Waals surface area (Å²) in [6.45, 7) is 1.27. The van der Waals surface area contributed by atoms with E-state index in [9.17, 15) is 4.79 Å². The third-order valence-corrected chi connectivity index (χ3v) is 6.05. The standard InChI is InChI=1S/C19H26N2O/c22-18(12-20-17-4-2-1-3-5-17)21-13-19-9-14-6-15(10-19)8-16(7-14)11-19/h1-5,14-16,20H,6-13H2,(H,21,22). The Balaban J connectivity index is 1.28. The third kappa shape index (κ3) is 2.86. The van der Waals surface area contributed by atoms with Gasteiger partial charge in [-0.15, -0.1) is 0 Å². The van der Waals surface area contributed by atoms with Gasteiger partial charge in [-0.1, -0.05) is 18.2 Å². The van der Waals surface area contributed by atoms with E-state index in [0.717, 1.165) is 30.0 Å². The number of amides is 1. The van der Waals surface area contributed by atoms with E-state index in [0.29, 0.717) is 12.0 Å². The van der Waals surface area contributed by atoms with Crippen molar-refractivity contribution in [1.29, 1.82) is 0 Å². The van der Waals surface area contributed by atoms with Crippen LogP contribution in [0.3, 0.4) is 0 Å². The highest BCUT2D eigenvalue weighted by Gasteiger charge is 2.50. The summed E-state index contributed by atoms with van der Waals surface area (Å²) in [4.78, 5) is 12.1. The molecule has 22 heavy (non-hydrogen) atoms. The van der Waals surface area contributed by atoms with Crippen molar-refractivity contribution in [3.8, 4) is 0 Å². The van der Waals surface area contributed by atoms with Crippen molar-refractivity contribution in [2.75, 3.05) is 18.4 Å². The molecule has 0 spiro atoms. The van der Waals surface area contributed by atoms with Crippen molar-refractivity contribution < 1.29 is 4.79 Å². The Morgan fingerprint density at radius 2 is 1.59 bits per heavy atom. The molecule has 4 bridgehead atoms. The summed E-state index contributed by atoms with van der Waals surface area (Å²) >= 11 is 0. The fourth-order valence-corrected chi connectivity index (χ4v) is 5.59. The van der Waals surface area contributed by atoms with Crippen LogP contribution >= 0.6 is 0 Å². The number of para-hydroxylation sites is 1. The van der Waals surface area contributed by atoms with Crippen LogP contribution in [0.15, 0.2) is 30.3 Å². The highest BCUT2D eigenvalue weighted by Crippen LogP contribution is 2.59. The molecule has 3 heteroatoms. The topological polar surface area (TPSA) is 41.1 Å². The first-order valence-corrected chi connectivity index (χ1v) is 8.76. The molecule has 0 radical (unpaired) electrons. The lowest BCUT2D eigenvalue weighted by molar-refractivity contribution is -0.121. The number of benzene rings is 1. The molecule has 0 unspecified atom stereocenters. The van der Waals surface area contributed by atoms with Crippen LogP contribution in [0.1, 0.15) is 38.5 Å². The molecule has 0 atom stereocenters. The number of carbonyl (C=O) groups is 1. The predicted molar refractivity (Wildman–Crippen MR) is 88.5 cm³/mol. The van der Waals surface area contributed by atoms with Crippen LogP contribution in [0, 0.1) is 23.2 Å². The molecular weight excluding hydrogens is 272 g/mol. The van der Waals surface area contributed by atoms with Gasteiger partial charge in [-0.25, -0.2) is 0 Å². The van der Waals surface area contributed by atoms with Crippen molar-refractivity contribution in [2.24, 2.45) is 23.2 Å². The van der Waals surface area contributed by atoms with Crippen molar-refractivity contribution in [3.05, 3.63) is 30.3 Å². The van der Waals surface area contributed by atoms with E-state index in [2.05, 4.69) is 10.6 Å². The van der Waals surface area contributed by atoms with E-state index in [1.807, 2.05) is 30.3 Å². The maximum atomic E-state index is 12.1. The Morgan fingerprint density at radius 1 is 1.00 bits per heavy atom. The van der Waals surface area contributed by atoms with Crippen LogP contribution in [-0.2, 0) is 4.79 Å². The highest BCUT2D eigenvalue weighted by molar-refractivity contribution is 5.80. The summed E-state index contributed by atoms with van der Waals surface area (Å²) in [6.07, 6.45) is 8.44. The second-order valence-corrected chi connectivity index (χ2v) is 7.91. The Morgan fingerprint density at radius 3 is 2.18 bits per heavy atom. The quantitative estimate of drug-likeness (QED) is 0.874. The number of rotatable bonds is 5. The van der Waals surface area contributed by atoms with E-state index < -0.39 is 0 Å². The molecule has 4 aliphatic rings. The Bertz CT molecular complexity index is 504. The zero-order valence-corrected chi connectivity index (χ0v) is 13.2. The fourth-order valence-electron chi connectivity index (χ4n) is 5.59. The summed E-state index contributed by atoms with van der Waals surface area (Å²) in [6, 6.07) is 9.93. The number of hydrogen-bond donors (Lipinski definition) is 2. The summed E-state index contributed by atoms with van der Waals surface area (Å²) < 4.78 is 0. The molecule has 1 aromatic carbocycles. The van der Waals surface area contributed by atoms with Gasteiger partial charge in [-0.05, 0) is 73.8 Å². The van der Waals surface area contributed by atoms with Gasteiger partial charge in [0.1, 0.15) is 0 Å². The number of anilines is 1. The molecule has 1 amide bonds. The van der Waals surface area contributed by atoms with Gasteiger partial charge in [0.25, 0.3) is 0 Å². The van der Waals surface area contributed by atoms with Gasteiger partial charge < -0.3 is 10.6 Å². The molecule has 5 rings (SSSR count). The lowest BCUT2D eigenvalue weighted by Crippen LogP contribution is -2.51. The third-order valence-electron chi connectivity index (χ3n) is 6.05. The Kier molecular flexibility index (Phi) is 3.59. The van der Waals surface area contributed by atoms with Crippen molar-refractivity contribution in [1.82, 2.24) is 5.32 Å². The molecule has 0 aliphatic heterocycles. The van der Waals surface area contributed by atoms with E-state index in [1.54, 1.807) is 0 Å². The molecule has 4 fully saturated rings. The first-order valence-electron chi connectivity index (χ1n) is 8.76. The summed E-state index contributed by atoms with van der Waals surface area (Å²) in [5.74, 6) is 2.97. The van der Waals surface area contributed by atoms with Crippen molar-refractivity contribution in [2.45, 2.75) is 38.5 Å². The average Bonchev–Trinajstić information content (AvgIpc) is 2.51. The highest BCUT2D eigenvalue weighted by atomic mass is 16.1. The van der Waals surface area contributed by atoms with Crippen LogP contribution in [0.25, 0.3) is 0 Å². The van der Waals surface area contributed by atoms with Crippen molar-refractivity contribution >= 4 is 11.6 Å². The molecule has 0 aromatic heterocycles. The van der Waals surface area contributed by atoms with Crippen LogP contribution in [0.2, 0.25) is 0 Å². The molecule has 3 nitrogen and oxygen atoms in total. The van der Waals surface area contributed by atoms with Gasteiger partial charge in [0, 0.05) is 12.2 Å². The molecule has 4 saturated carbocycles. The second-order valence-electron chi connectivity index (χ2n) is 7.91. The SMILES string of the molecule is O=C(CNc1ccccc1)NCC12CC3CC(CC(C3)C1)C2. The van der Waals surface area contributed by atoms with Gasteiger partial charge >= 0.3 is 0 Å². The molecule has 1 aromatic rings. The van der Waals surface area contributed by atoms with Gasteiger partial charge in [-0.2, -0.15) is 0 Å². The molecule has 2 N–H and O–H groups in total.